The van der Waals surface area contributed by atoms with Crippen LogP contribution in [0.1, 0.15) is 5.56 Å². The van der Waals surface area contributed by atoms with E-state index in [0.29, 0.717) is 5.56 Å². The molecule has 0 saturated carbocycles. The van der Waals surface area contributed by atoms with Gasteiger partial charge in [0.2, 0.25) is 0 Å². The van der Waals surface area contributed by atoms with Crippen LogP contribution in [0.25, 0.3) is 114 Å². The minimum Gasteiger partial charge on any atom is -0.309 e. The van der Waals surface area contributed by atoms with Gasteiger partial charge in [0.25, 0.3) is 0 Å². The summed E-state index contributed by atoms with van der Waals surface area (Å²) in [5, 5.41) is 18.1. The highest BCUT2D eigenvalue weighted by atomic mass is 32.1. The first kappa shape index (κ1) is 31.5. The van der Waals surface area contributed by atoms with E-state index in [4.69, 9.17) is 4.98 Å². The number of rotatable bonds is 3. The lowest BCUT2D eigenvalue weighted by molar-refractivity contribution is 1.18. The van der Waals surface area contributed by atoms with Gasteiger partial charge in [-0.3, -0.25) is 4.40 Å². The Morgan fingerprint density at radius 2 is 1.03 bits per heavy atom. The lowest BCUT2D eigenvalue weighted by atomic mass is 10.0. The molecule has 5 heterocycles. The maximum Gasteiger partial charge on any atom is 0.146 e. The molecule has 13 aromatic rings. The maximum atomic E-state index is 9.81. The zero-order valence-corrected chi connectivity index (χ0v) is 31.7. The summed E-state index contributed by atoms with van der Waals surface area (Å²) in [6, 6.07) is 65.4. The molecule has 0 unspecified atom stereocenters. The van der Waals surface area contributed by atoms with Gasteiger partial charge in [0, 0.05) is 53.8 Å². The van der Waals surface area contributed by atoms with Gasteiger partial charge in [0.05, 0.1) is 54.9 Å². The van der Waals surface area contributed by atoms with Crippen LogP contribution in [0.4, 0.5) is 0 Å². The maximum absolute atomic E-state index is 9.81. The first-order chi connectivity index (χ1) is 28.7. The molecule has 0 N–H and O–H groups in total. The van der Waals surface area contributed by atoms with Crippen molar-refractivity contribution < 1.29 is 0 Å². The summed E-state index contributed by atoms with van der Waals surface area (Å²) >= 11 is 1.78. The number of nitrogens with zero attached hydrogens (tertiary/aromatic N) is 5. The molecule has 0 radical (unpaired) electrons. The van der Waals surface area contributed by atoms with E-state index in [1.165, 1.54) is 53.8 Å². The van der Waals surface area contributed by atoms with Crippen molar-refractivity contribution in [2.45, 2.75) is 0 Å². The van der Waals surface area contributed by atoms with E-state index < -0.39 is 0 Å². The summed E-state index contributed by atoms with van der Waals surface area (Å²) < 4.78 is 9.41. The van der Waals surface area contributed by atoms with Crippen molar-refractivity contribution >= 4 is 103 Å². The highest BCUT2D eigenvalue weighted by Gasteiger charge is 2.20. The molecule has 5 nitrogen and oxygen atoms in total. The molecule has 0 amide bonds. The van der Waals surface area contributed by atoms with Gasteiger partial charge in [-0.15, -0.1) is 11.3 Å². The molecule has 0 aliphatic carbocycles. The number of aromatic nitrogens is 4. The highest BCUT2D eigenvalue weighted by molar-refractivity contribution is 7.26. The number of hydrogen-bond donors (Lipinski definition) is 0. The lowest BCUT2D eigenvalue weighted by Gasteiger charge is -2.10. The van der Waals surface area contributed by atoms with Crippen LogP contribution in [-0.2, 0) is 0 Å². The van der Waals surface area contributed by atoms with E-state index in [-0.39, 0.29) is 0 Å². The van der Waals surface area contributed by atoms with Crippen LogP contribution in [-0.4, -0.2) is 18.5 Å². The zero-order valence-electron chi connectivity index (χ0n) is 30.9. The lowest BCUT2D eigenvalue weighted by Crippen LogP contribution is -1.94. The van der Waals surface area contributed by atoms with Crippen LogP contribution < -0.4 is 0 Å². The van der Waals surface area contributed by atoms with E-state index in [1.807, 2.05) is 12.1 Å². The monoisotopic (exact) mass is 755 g/mol. The Morgan fingerprint density at radius 3 is 1.72 bits per heavy atom. The quantitative estimate of drug-likeness (QED) is 0.180. The van der Waals surface area contributed by atoms with E-state index in [1.54, 1.807) is 11.3 Å². The molecule has 0 saturated heterocycles. The molecule has 0 aliphatic heterocycles. The number of imidazole rings is 1. The molecule has 13 rings (SSSR count). The van der Waals surface area contributed by atoms with Crippen LogP contribution >= 0.6 is 11.3 Å². The summed E-state index contributed by atoms with van der Waals surface area (Å²) in [7, 11) is 0. The Kier molecular flexibility index (Phi) is 6.33. The van der Waals surface area contributed by atoms with E-state index in [2.05, 4.69) is 183 Å². The third kappa shape index (κ3) is 4.25. The summed E-state index contributed by atoms with van der Waals surface area (Å²) in [4.78, 5) is 5.36. The Labute approximate surface area is 335 Å². The van der Waals surface area contributed by atoms with E-state index in [0.717, 1.165) is 60.1 Å². The van der Waals surface area contributed by atoms with Crippen molar-refractivity contribution in [1.29, 1.82) is 5.26 Å². The average molecular weight is 756 g/mol. The van der Waals surface area contributed by atoms with Crippen molar-refractivity contribution in [1.82, 2.24) is 18.5 Å². The van der Waals surface area contributed by atoms with Crippen molar-refractivity contribution in [3.8, 4) is 28.6 Å². The summed E-state index contributed by atoms with van der Waals surface area (Å²) in [6.45, 7) is 0. The first-order valence-electron chi connectivity index (χ1n) is 19.4. The fourth-order valence-corrected chi connectivity index (χ4v) is 10.7. The third-order valence-corrected chi connectivity index (χ3v) is 13.2. The van der Waals surface area contributed by atoms with Gasteiger partial charge < -0.3 is 9.13 Å². The van der Waals surface area contributed by atoms with E-state index in [9.17, 15) is 5.26 Å². The van der Waals surface area contributed by atoms with Crippen LogP contribution in [0.2, 0.25) is 0 Å². The predicted molar refractivity (Wildman–Crippen MR) is 242 cm³/mol. The number of para-hydroxylation sites is 3. The standard InChI is InChI=1S/C52H29N5S/c53-30-31-18-25-49-42(26-31)50-51(58-49)38-14-4-5-15-39(38)52-54-43-29-35(21-24-48(43)57(50)52)56-45-17-9-7-13-37(45)41-28-33(20-23-47(41)56)32-19-22-46-40(27-32)36-12-6-8-16-44(36)55(46)34-10-2-1-3-11-34/h1-29H. The molecule has 0 atom stereocenters. The van der Waals surface area contributed by atoms with Gasteiger partial charge in [-0.2, -0.15) is 5.26 Å². The van der Waals surface area contributed by atoms with Crippen molar-refractivity contribution in [2.24, 2.45) is 0 Å². The first-order valence-corrected chi connectivity index (χ1v) is 20.3. The molecule has 58 heavy (non-hydrogen) atoms. The average Bonchev–Trinajstić information content (AvgIpc) is 4.03. The largest absolute Gasteiger partial charge is 0.309 e. The molecular formula is C52H29N5S. The van der Waals surface area contributed by atoms with Crippen molar-refractivity contribution in [2.75, 3.05) is 0 Å². The summed E-state index contributed by atoms with van der Waals surface area (Å²) in [6.07, 6.45) is 0. The Bertz CT molecular complexity index is 3930. The smallest absolute Gasteiger partial charge is 0.146 e. The normalized spacial score (nSPS) is 12.1. The Hall–Kier alpha value is -7.72. The highest BCUT2D eigenvalue weighted by Crippen LogP contribution is 2.43. The Balaban J connectivity index is 1.01. The summed E-state index contributed by atoms with van der Waals surface area (Å²) in [5.41, 5.74) is 14.0. The van der Waals surface area contributed by atoms with Gasteiger partial charge in [-0.1, -0.05) is 91.0 Å². The van der Waals surface area contributed by atoms with Crippen molar-refractivity contribution in [3.05, 3.63) is 181 Å². The van der Waals surface area contributed by atoms with E-state index >= 15 is 0 Å². The molecule has 8 aromatic carbocycles. The molecular weight excluding hydrogens is 727 g/mol. The molecule has 0 spiro atoms. The van der Waals surface area contributed by atoms with Gasteiger partial charge >= 0.3 is 0 Å². The SMILES string of the molecule is N#Cc1ccc2sc3c4ccccc4c4nc5cc(-n6c7ccccc7c7cc(-c8ccc9c(c8)c8ccccc8n9-c8ccccc8)ccc76)ccc5n4c3c2c1. The van der Waals surface area contributed by atoms with Gasteiger partial charge in [0.1, 0.15) is 5.65 Å². The van der Waals surface area contributed by atoms with Crippen LogP contribution in [0.3, 0.4) is 0 Å². The number of fused-ring (bicyclic) bond motifs is 16. The molecule has 0 bridgehead atoms. The second-order valence-electron chi connectivity index (χ2n) is 15.1. The topological polar surface area (TPSA) is 51.0 Å². The second kappa shape index (κ2) is 11.7. The van der Waals surface area contributed by atoms with Crippen LogP contribution in [0.5, 0.6) is 0 Å². The van der Waals surface area contributed by atoms with Gasteiger partial charge in [-0.05, 0) is 96.1 Å². The number of hydrogen-bond acceptors (Lipinski definition) is 3. The minimum absolute atomic E-state index is 0.658. The van der Waals surface area contributed by atoms with Crippen molar-refractivity contribution in [3.63, 3.8) is 0 Å². The predicted octanol–water partition coefficient (Wildman–Crippen LogP) is 13.7. The Morgan fingerprint density at radius 1 is 0.448 bits per heavy atom. The molecule has 0 aliphatic rings. The molecule has 6 heteroatoms. The fraction of sp³-hybridized carbons (Fsp3) is 0. The minimum atomic E-state index is 0.658. The number of thiophene rings is 1. The number of benzene rings is 8. The fourth-order valence-electron chi connectivity index (χ4n) is 9.49. The zero-order chi connectivity index (χ0) is 38.1. The van der Waals surface area contributed by atoms with Crippen LogP contribution in [0, 0.1) is 11.3 Å². The molecule has 5 aromatic heterocycles. The van der Waals surface area contributed by atoms with Gasteiger partial charge in [-0.25, -0.2) is 4.98 Å². The number of pyridine rings is 1. The number of nitriles is 1. The summed E-state index contributed by atoms with van der Waals surface area (Å²) in [5.74, 6) is 0. The molecule has 0 fully saturated rings. The van der Waals surface area contributed by atoms with Gasteiger partial charge in [0.15, 0.2) is 0 Å². The van der Waals surface area contributed by atoms with Crippen LogP contribution in [0.15, 0.2) is 176 Å². The second-order valence-corrected chi connectivity index (χ2v) is 16.1. The molecule has 268 valence electrons. The third-order valence-electron chi connectivity index (χ3n) is 12.0.